The van der Waals surface area contributed by atoms with Crippen molar-refractivity contribution < 1.29 is 14.1 Å². The molecule has 0 aliphatic carbocycles. The van der Waals surface area contributed by atoms with E-state index in [0.29, 0.717) is 13.0 Å². The quantitative estimate of drug-likeness (QED) is 0.891. The summed E-state index contributed by atoms with van der Waals surface area (Å²) >= 11 is 0. The summed E-state index contributed by atoms with van der Waals surface area (Å²) < 4.78 is 10.0. The molecule has 0 atom stereocenters. The van der Waals surface area contributed by atoms with Gasteiger partial charge in [-0.15, -0.1) is 0 Å². The molecule has 1 amide bonds. The smallest absolute Gasteiger partial charge is 0.224 e. The van der Waals surface area contributed by atoms with Gasteiger partial charge in [-0.1, -0.05) is 17.3 Å². The first-order valence-electron chi connectivity index (χ1n) is 5.99. The van der Waals surface area contributed by atoms with Crippen molar-refractivity contribution in [1.82, 2.24) is 10.5 Å². The highest BCUT2D eigenvalue weighted by molar-refractivity contribution is 5.78. The van der Waals surface area contributed by atoms with Crippen LogP contribution in [0.25, 0.3) is 0 Å². The van der Waals surface area contributed by atoms with Gasteiger partial charge in [0.05, 0.1) is 20.1 Å². The van der Waals surface area contributed by atoms with Gasteiger partial charge in [0.2, 0.25) is 5.91 Å². The molecule has 2 aromatic rings. The molecule has 1 aromatic carbocycles. The van der Waals surface area contributed by atoms with E-state index in [1.807, 2.05) is 31.2 Å². The van der Waals surface area contributed by atoms with Crippen LogP contribution < -0.4 is 10.1 Å². The van der Waals surface area contributed by atoms with Gasteiger partial charge in [-0.25, -0.2) is 0 Å². The zero-order valence-electron chi connectivity index (χ0n) is 11.0. The van der Waals surface area contributed by atoms with E-state index in [9.17, 15) is 4.79 Å². The van der Waals surface area contributed by atoms with Gasteiger partial charge in [-0.05, 0) is 24.6 Å². The molecule has 19 heavy (non-hydrogen) atoms. The number of carbonyl (C=O) groups is 1. The maximum Gasteiger partial charge on any atom is 0.224 e. The summed E-state index contributed by atoms with van der Waals surface area (Å²) in [4.78, 5) is 11.8. The van der Waals surface area contributed by atoms with Crippen molar-refractivity contribution in [2.24, 2.45) is 0 Å². The van der Waals surface area contributed by atoms with Gasteiger partial charge in [0.1, 0.15) is 17.2 Å². The third-order valence-corrected chi connectivity index (χ3v) is 2.64. The Morgan fingerprint density at radius 1 is 1.42 bits per heavy atom. The Morgan fingerprint density at radius 2 is 2.26 bits per heavy atom. The lowest BCUT2D eigenvalue weighted by atomic mass is 10.1. The number of methoxy groups -OCH3 is 1. The number of nitrogens with zero attached hydrogens (tertiary/aromatic N) is 1. The highest BCUT2D eigenvalue weighted by Gasteiger charge is 2.06. The van der Waals surface area contributed by atoms with Crippen LogP contribution in [0.4, 0.5) is 0 Å². The molecular weight excluding hydrogens is 244 g/mol. The van der Waals surface area contributed by atoms with Crippen LogP contribution >= 0.6 is 0 Å². The predicted octanol–water partition coefficient (Wildman–Crippen LogP) is 1.85. The van der Waals surface area contributed by atoms with E-state index in [-0.39, 0.29) is 5.91 Å². The van der Waals surface area contributed by atoms with Crippen molar-refractivity contribution in [3.05, 3.63) is 47.3 Å². The molecule has 0 aliphatic heterocycles. The molecule has 0 fully saturated rings. The Bertz CT molecular complexity index is 563. The standard InChI is InChI=1S/C14H16N2O3/c1-10-6-12(16-19-10)9-15-14(17)8-11-4-3-5-13(7-11)18-2/h3-7H,8-9H2,1-2H3,(H,15,17). The fourth-order valence-electron chi connectivity index (χ4n) is 1.72. The second-order valence-electron chi connectivity index (χ2n) is 4.23. The Morgan fingerprint density at radius 3 is 2.95 bits per heavy atom. The number of rotatable bonds is 5. The maximum atomic E-state index is 11.8. The van der Waals surface area contributed by atoms with Crippen LogP contribution in [0.15, 0.2) is 34.9 Å². The number of aryl methyl sites for hydroxylation is 1. The minimum absolute atomic E-state index is 0.0612. The van der Waals surface area contributed by atoms with Crippen LogP contribution in [-0.4, -0.2) is 18.2 Å². The molecular formula is C14H16N2O3. The lowest BCUT2D eigenvalue weighted by molar-refractivity contribution is -0.120. The van der Waals surface area contributed by atoms with Gasteiger partial charge in [0.25, 0.3) is 0 Å². The second kappa shape index (κ2) is 6.04. The summed E-state index contributed by atoms with van der Waals surface area (Å²) in [7, 11) is 1.60. The molecule has 0 radical (unpaired) electrons. The van der Waals surface area contributed by atoms with Crippen LogP contribution in [0.2, 0.25) is 0 Å². The van der Waals surface area contributed by atoms with Crippen LogP contribution in [0.1, 0.15) is 17.0 Å². The van der Waals surface area contributed by atoms with E-state index in [0.717, 1.165) is 22.8 Å². The number of carbonyl (C=O) groups excluding carboxylic acids is 1. The minimum atomic E-state index is -0.0612. The van der Waals surface area contributed by atoms with Crippen molar-refractivity contribution in [2.45, 2.75) is 19.9 Å². The van der Waals surface area contributed by atoms with Crippen molar-refractivity contribution in [1.29, 1.82) is 0 Å². The zero-order valence-corrected chi connectivity index (χ0v) is 11.0. The van der Waals surface area contributed by atoms with Gasteiger partial charge in [0.15, 0.2) is 0 Å². The van der Waals surface area contributed by atoms with E-state index in [1.165, 1.54) is 0 Å². The monoisotopic (exact) mass is 260 g/mol. The van der Waals surface area contributed by atoms with Crippen molar-refractivity contribution in [3.8, 4) is 5.75 Å². The first kappa shape index (κ1) is 13.1. The number of benzene rings is 1. The first-order chi connectivity index (χ1) is 9.17. The predicted molar refractivity (Wildman–Crippen MR) is 69.8 cm³/mol. The molecule has 1 aromatic heterocycles. The third kappa shape index (κ3) is 3.84. The lowest BCUT2D eigenvalue weighted by Gasteiger charge is -2.05. The summed E-state index contributed by atoms with van der Waals surface area (Å²) in [6.07, 6.45) is 0.314. The molecule has 100 valence electrons. The summed E-state index contributed by atoms with van der Waals surface area (Å²) in [5.74, 6) is 1.42. The van der Waals surface area contributed by atoms with Gasteiger partial charge < -0.3 is 14.6 Å². The Kier molecular flexibility index (Phi) is 4.18. The molecule has 1 heterocycles. The SMILES string of the molecule is COc1cccc(CC(=O)NCc2cc(C)on2)c1. The fourth-order valence-corrected chi connectivity index (χ4v) is 1.72. The molecule has 1 N–H and O–H groups in total. The Hall–Kier alpha value is -2.30. The number of aromatic nitrogens is 1. The van der Waals surface area contributed by atoms with Crippen LogP contribution in [0.3, 0.4) is 0 Å². The molecule has 0 unspecified atom stereocenters. The summed E-state index contributed by atoms with van der Waals surface area (Å²) in [6.45, 7) is 2.19. The number of hydrogen-bond donors (Lipinski definition) is 1. The van der Waals surface area contributed by atoms with Crippen LogP contribution in [0.5, 0.6) is 5.75 Å². The maximum absolute atomic E-state index is 11.8. The average Bonchev–Trinajstić information content (AvgIpc) is 2.82. The number of amides is 1. The molecule has 5 nitrogen and oxygen atoms in total. The molecule has 2 rings (SSSR count). The average molecular weight is 260 g/mol. The molecule has 0 saturated carbocycles. The van der Waals surface area contributed by atoms with Gasteiger partial charge in [0, 0.05) is 6.07 Å². The number of ether oxygens (including phenoxy) is 1. The van der Waals surface area contributed by atoms with Gasteiger partial charge in [-0.3, -0.25) is 4.79 Å². The van der Waals surface area contributed by atoms with Gasteiger partial charge in [-0.2, -0.15) is 0 Å². The van der Waals surface area contributed by atoms with Crippen molar-refractivity contribution in [3.63, 3.8) is 0 Å². The van der Waals surface area contributed by atoms with E-state index >= 15 is 0 Å². The normalized spacial score (nSPS) is 10.2. The zero-order chi connectivity index (χ0) is 13.7. The van der Waals surface area contributed by atoms with E-state index < -0.39 is 0 Å². The summed E-state index contributed by atoms with van der Waals surface area (Å²) in [5.41, 5.74) is 1.63. The molecule has 0 bridgehead atoms. The molecule has 5 heteroatoms. The summed E-state index contributed by atoms with van der Waals surface area (Å²) in [6, 6.07) is 9.25. The number of hydrogen-bond acceptors (Lipinski definition) is 4. The van der Waals surface area contributed by atoms with Gasteiger partial charge >= 0.3 is 0 Å². The van der Waals surface area contributed by atoms with E-state index in [4.69, 9.17) is 9.26 Å². The minimum Gasteiger partial charge on any atom is -0.497 e. The first-order valence-corrected chi connectivity index (χ1v) is 5.99. The third-order valence-electron chi connectivity index (χ3n) is 2.64. The van der Waals surface area contributed by atoms with Crippen molar-refractivity contribution in [2.75, 3.05) is 7.11 Å². The molecule has 0 saturated heterocycles. The Labute approximate surface area is 111 Å². The largest absolute Gasteiger partial charge is 0.497 e. The second-order valence-corrected chi connectivity index (χ2v) is 4.23. The van der Waals surface area contributed by atoms with Crippen LogP contribution in [-0.2, 0) is 17.8 Å². The van der Waals surface area contributed by atoms with E-state index in [1.54, 1.807) is 13.2 Å². The lowest BCUT2D eigenvalue weighted by Crippen LogP contribution is -2.24. The molecule has 0 aliphatic rings. The van der Waals surface area contributed by atoms with E-state index in [2.05, 4.69) is 10.5 Å². The Balaban J connectivity index is 1.86. The number of nitrogens with one attached hydrogen (secondary N) is 1. The van der Waals surface area contributed by atoms with Crippen LogP contribution in [0, 0.1) is 6.92 Å². The van der Waals surface area contributed by atoms with Crippen molar-refractivity contribution >= 4 is 5.91 Å². The molecule has 0 spiro atoms. The topological polar surface area (TPSA) is 64.4 Å². The highest BCUT2D eigenvalue weighted by atomic mass is 16.5. The highest BCUT2D eigenvalue weighted by Crippen LogP contribution is 2.12. The summed E-state index contributed by atoms with van der Waals surface area (Å²) in [5, 5.41) is 6.61. The fraction of sp³-hybridized carbons (Fsp3) is 0.286.